The summed E-state index contributed by atoms with van der Waals surface area (Å²) in [6.07, 6.45) is 12.1. The van der Waals surface area contributed by atoms with Crippen LogP contribution in [-0.4, -0.2) is 21.9 Å². The molecule has 8 atom stereocenters. The fraction of sp³-hybridized carbons (Fsp3) is 0.900. The van der Waals surface area contributed by atoms with Crippen molar-refractivity contribution in [3.05, 3.63) is 12.2 Å². The minimum Gasteiger partial charge on any atom is -0.390 e. The molecule has 0 aromatic heterocycles. The van der Waals surface area contributed by atoms with Crippen molar-refractivity contribution in [2.75, 3.05) is 0 Å². The van der Waals surface area contributed by atoms with Gasteiger partial charge < -0.3 is 10.2 Å². The quantitative estimate of drug-likeness (QED) is 0.666. The molecule has 0 bridgehead atoms. The lowest BCUT2D eigenvalue weighted by molar-refractivity contribution is -0.160. The van der Waals surface area contributed by atoms with Crippen LogP contribution < -0.4 is 0 Å². The third kappa shape index (κ3) is 1.69. The summed E-state index contributed by atoms with van der Waals surface area (Å²) in [6, 6.07) is 0. The summed E-state index contributed by atoms with van der Waals surface area (Å²) < 4.78 is 0. The second-order valence-corrected chi connectivity index (χ2v) is 9.39. The number of hydrogen-bond acceptors (Lipinski definition) is 2. The minimum absolute atomic E-state index is 0.0629. The maximum absolute atomic E-state index is 10.9. The molecule has 2 nitrogen and oxygen atoms in total. The van der Waals surface area contributed by atoms with Gasteiger partial charge in [0.25, 0.3) is 0 Å². The molecule has 0 spiro atoms. The number of hydrogen-bond donors (Lipinski definition) is 2. The average molecular weight is 304 g/mol. The van der Waals surface area contributed by atoms with Gasteiger partial charge in [-0.3, -0.25) is 0 Å². The van der Waals surface area contributed by atoms with E-state index < -0.39 is 5.60 Å². The van der Waals surface area contributed by atoms with E-state index in [1.54, 1.807) is 0 Å². The van der Waals surface area contributed by atoms with E-state index in [0.29, 0.717) is 23.7 Å². The summed E-state index contributed by atoms with van der Waals surface area (Å²) in [6.45, 7) is 6.77. The highest BCUT2D eigenvalue weighted by atomic mass is 16.3. The summed E-state index contributed by atoms with van der Waals surface area (Å²) in [4.78, 5) is 0. The molecule has 0 unspecified atom stereocenters. The van der Waals surface area contributed by atoms with Crippen molar-refractivity contribution in [3.63, 3.8) is 0 Å². The van der Waals surface area contributed by atoms with Crippen LogP contribution in [0.3, 0.4) is 0 Å². The lowest BCUT2D eigenvalue weighted by atomic mass is 9.44. The van der Waals surface area contributed by atoms with Gasteiger partial charge in [-0.15, -0.1) is 0 Å². The zero-order valence-electron chi connectivity index (χ0n) is 14.4. The van der Waals surface area contributed by atoms with E-state index in [2.05, 4.69) is 32.9 Å². The number of rotatable bonds is 0. The predicted octanol–water partition coefficient (Wildman–Crippen LogP) is 3.92. The van der Waals surface area contributed by atoms with Gasteiger partial charge in [-0.2, -0.15) is 0 Å². The Balaban J connectivity index is 1.70. The lowest BCUT2D eigenvalue weighted by Gasteiger charge is -2.61. The van der Waals surface area contributed by atoms with Gasteiger partial charge in [0, 0.05) is 5.41 Å². The highest BCUT2D eigenvalue weighted by Crippen LogP contribution is 2.67. The van der Waals surface area contributed by atoms with Gasteiger partial charge in [-0.1, -0.05) is 26.0 Å². The van der Waals surface area contributed by atoms with Gasteiger partial charge in [0.1, 0.15) is 0 Å². The van der Waals surface area contributed by atoms with Gasteiger partial charge in [-0.25, -0.2) is 0 Å². The molecule has 0 aliphatic heterocycles. The largest absolute Gasteiger partial charge is 0.390 e. The molecule has 0 radical (unpaired) electrons. The Kier molecular flexibility index (Phi) is 3.18. The van der Waals surface area contributed by atoms with Crippen LogP contribution in [0, 0.1) is 34.5 Å². The Labute approximate surface area is 135 Å². The number of aliphatic hydroxyl groups excluding tert-OH is 1. The first-order valence-electron chi connectivity index (χ1n) is 9.38. The van der Waals surface area contributed by atoms with Crippen LogP contribution in [0.25, 0.3) is 0 Å². The smallest absolute Gasteiger partial charge is 0.0779 e. The molecule has 124 valence electrons. The van der Waals surface area contributed by atoms with Crippen molar-refractivity contribution in [1.29, 1.82) is 0 Å². The van der Waals surface area contributed by atoms with Gasteiger partial charge >= 0.3 is 0 Å². The van der Waals surface area contributed by atoms with Crippen molar-refractivity contribution in [2.24, 2.45) is 34.5 Å². The predicted molar refractivity (Wildman–Crippen MR) is 88.3 cm³/mol. The molecular formula is C20H32O2. The van der Waals surface area contributed by atoms with Crippen LogP contribution in [0.15, 0.2) is 12.2 Å². The maximum atomic E-state index is 10.9. The van der Waals surface area contributed by atoms with Crippen molar-refractivity contribution >= 4 is 0 Å². The zero-order chi connectivity index (χ0) is 15.8. The summed E-state index contributed by atoms with van der Waals surface area (Å²) in [7, 11) is 0. The summed E-state index contributed by atoms with van der Waals surface area (Å²) in [5.41, 5.74) is -0.342. The first-order chi connectivity index (χ1) is 10.3. The van der Waals surface area contributed by atoms with E-state index in [9.17, 15) is 10.2 Å². The van der Waals surface area contributed by atoms with Crippen LogP contribution in [0.4, 0.5) is 0 Å². The third-order valence-electron chi connectivity index (χ3n) is 8.90. The van der Waals surface area contributed by atoms with Gasteiger partial charge in [0.15, 0.2) is 0 Å². The van der Waals surface area contributed by atoms with E-state index in [1.165, 1.54) is 25.7 Å². The van der Waals surface area contributed by atoms with Crippen LogP contribution >= 0.6 is 0 Å². The van der Waals surface area contributed by atoms with Gasteiger partial charge in [-0.05, 0) is 81.0 Å². The second kappa shape index (κ2) is 4.60. The Hall–Kier alpha value is -0.340. The lowest BCUT2D eigenvalue weighted by Crippen LogP contribution is -2.58. The SMILES string of the molecule is C[C@@]12[C@H](CC=C[C@H]1O)CC[C@@H]1[C@@H]2CC[C@@]2(C)[C@H]1CC[C@]2(C)O. The van der Waals surface area contributed by atoms with Crippen LogP contribution in [0.1, 0.15) is 65.7 Å². The molecule has 2 heteroatoms. The molecule has 0 saturated heterocycles. The Morgan fingerprint density at radius 3 is 2.45 bits per heavy atom. The van der Waals surface area contributed by atoms with Crippen molar-refractivity contribution < 1.29 is 10.2 Å². The van der Waals surface area contributed by atoms with Crippen LogP contribution in [-0.2, 0) is 0 Å². The number of fused-ring (bicyclic) bond motifs is 5. The summed E-state index contributed by atoms with van der Waals surface area (Å²) in [5.74, 6) is 2.64. The van der Waals surface area contributed by atoms with E-state index in [-0.39, 0.29) is 16.9 Å². The molecule has 22 heavy (non-hydrogen) atoms. The zero-order valence-corrected chi connectivity index (χ0v) is 14.4. The Bertz CT molecular complexity index is 496. The molecule has 0 heterocycles. The monoisotopic (exact) mass is 304 g/mol. The fourth-order valence-electron chi connectivity index (χ4n) is 7.12. The van der Waals surface area contributed by atoms with Gasteiger partial charge in [0.05, 0.1) is 11.7 Å². The van der Waals surface area contributed by atoms with Crippen LogP contribution in [0.5, 0.6) is 0 Å². The van der Waals surface area contributed by atoms with Gasteiger partial charge in [0.2, 0.25) is 0 Å². The standard InChI is InChI=1S/C20H32O2/c1-18-11-9-16-14(15(18)10-12-19(18,2)22)8-7-13-5-4-6-17(21)20(13,16)3/h4,6,13-17,21-22H,5,7-12H2,1-3H3/t13-,14+,15+,16+,17-,18+,19+,20+/m1/s1. The topological polar surface area (TPSA) is 40.5 Å². The molecular weight excluding hydrogens is 272 g/mol. The molecule has 0 aromatic carbocycles. The molecule has 2 N–H and O–H groups in total. The second-order valence-electron chi connectivity index (χ2n) is 9.39. The molecule has 0 amide bonds. The first-order valence-corrected chi connectivity index (χ1v) is 9.38. The number of aliphatic hydroxyl groups is 2. The average Bonchev–Trinajstić information content (AvgIpc) is 2.71. The van der Waals surface area contributed by atoms with E-state index >= 15 is 0 Å². The molecule has 4 aliphatic rings. The highest BCUT2D eigenvalue weighted by Gasteiger charge is 2.63. The van der Waals surface area contributed by atoms with Crippen molar-refractivity contribution in [1.82, 2.24) is 0 Å². The molecule has 3 saturated carbocycles. The molecule has 3 fully saturated rings. The summed E-state index contributed by atoms with van der Waals surface area (Å²) in [5, 5.41) is 21.7. The maximum Gasteiger partial charge on any atom is 0.0779 e. The normalized spacial score (nSPS) is 60.5. The summed E-state index contributed by atoms with van der Waals surface area (Å²) >= 11 is 0. The Morgan fingerprint density at radius 2 is 1.68 bits per heavy atom. The first kappa shape index (κ1) is 15.2. The van der Waals surface area contributed by atoms with Crippen LogP contribution in [0.2, 0.25) is 0 Å². The third-order valence-corrected chi connectivity index (χ3v) is 8.90. The van der Waals surface area contributed by atoms with Crippen molar-refractivity contribution in [3.8, 4) is 0 Å². The molecule has 4 rings (SSSR count). The van der Waals surface area contributed by atoms with E-state index in [1.807, 2.05) is 0 Å². The highest BCUT2D eigenvalue weighted by molar-refractivity contribution is 5.17. The van der Waals surface area contributed by atoms with Crippen molar-refractivity contribution in [2.45, 2.75) is 77.4 Å². The molecule has 4 aliphatic carbocycles. The minimum atomic E-state index is -0.495. The number of allylic oxidation sites excluding steroid dienone is 1. The van der Waals surface area contributed by atoms with E-state index in [0.717, 1.165) is 19.3 Å². The Morgan fingerprint density at radius 1 is 0.955 bits per heavy atom. The van der Waals surface area contributed by atoms with E-state index in [4.69, 9.17) is 0 Å². The molecule has 0 aromatic rings. The fourth-order valence-corrected chi connectivity index (χ4v) is 7.12.